The fraction of sp³-hybridized carbons (Fsp3) is 0.211. The molecule has 0 radical (unpaired) electrons. The Morgan fingerprint density at radius 2 is 1.82 bits per heavy atom. The van der Waals surface area contributed by atoms with Crippen LogP contribution in [0.1, 0.15) is 17.3 Å². The maximum Gasteiger partial charge on any atom is 0.326 e. The molecule has 146 valence electrons. The average molecular weight is 405 g/mol. The van der Waals surface area contributed by atoms with Gasteiger partial charge in [-0.05, 0) is 43.3 Å². The van der Waals surface area contributed by atoms with Crippen LogP contribution in [0.4, 0.5) is 5.69 Å². The van der Waals surface area contributed by atoms with Gasteiger partial charge in [0.05, 0.1) is 0 Å². The lowest BCUT2D eigenvalue weighted by Gasteiger charge is -2.14. The van der Waals surface area contributed by atoms with Crippen LogP contribution in [0.3, 0.4) is 0 Å². The number of amides is 2. The van der Waals surface area contributed by atoms with Crippen molar-refractivity contribution in [2.45, 2.75) is 13.0 Å². The number of benzene rings is 2. The van der Waals surface area contributed by atoms with E-state index in [1.54, 1.807) is 30.3 Å². The molecule has 1 aliphatic heterocycles. The molecule has 8 nitrogen and oxygen atoms in total. The Morgan fingerprint density at radius 1 is 1.11 bits per heavy atom. The molecule has 0 aromatic heterocycles. The van der Waals surface area contributed by atoms with Gasteiger partial charge in [0, 0.05) is 22.3 Å². The molecule has 1 heterocycles. The number of halogens is 1. The van der Waals surface area contributed by atoms with Crippen LogP contribution in [0.25, 0.3) is 0 Å². The van der Waals surface area contributed by atoms with Gasteiger partial charge in [-0.1, -0.05) is 11.6 Å². The van der Waals surface area contributed by atoms with E-state index in [2.05, 4.69) is 10.6 Å². The summed E-state index contributed by atoms with van der Waals surface area (Å²) in [6, 6.07) is 11.1. The molecule has 2 amide bonds. The van der Waals surface area contributed by atoms with Gasteiger partial charge in [0.15, 0.2) is 17.6 Å². The predicted molar refractivity (Wildman–Crippen MR) is 101 cm³/mol. The van der Waals surface area contributed by atoms with Crippen molar-refractivity contribution in [3.63, 3.8) is 0 Å². The van der Waals surface area contributed by atoms with Crippen molar-refractivity contribution in [3.05, 3.63) is 53.1 Å². The molecule has 2 N–H and O–H groups in total. The van der Waals surface area contributed by atoms with E-state index in [-0.39, 0.29) is 13.3 Å². The molecule has 2 aromatic rings. The summed E-state index contributed by atoms with van der Waals surface area (Å²) in [6.45, 7) is 1.19. The second kappa shape index (κ2) is 8.62. The summed E-state index contributed by atoms with van der Waals surface area (Å²) in [5.41, 5.74) is 0.832. The van der Waals surface area contributed by atoms with E-state index in [1.165, 1.54) is 19.1 Å². The van der Waals surface area contributed by atoms with E-state index in [9.17, 15) is 14.4 Å². The average Bonchev–Trinajstić information content (AvgIpc) is 3.14. The Morgan fingerprint density at radius 3 is 2.57 bits per heavy atom. The van der Waals surface area contributed by atoms with Crippen molar-refractivity contribution in [2.24, 2.45) is 0 Å². The summed E-state index contributed by atoms with van der Waals surface area (Å²) >= 11 is 5.76. The van der Waals surface area contributed by atoms with Gasteiger partial charge in [0.2, 0.25) is 6.79 Å². The molecule has 0 bridgehead atoms. The van der Waals surface area contributed by atoms with Crippen molar-refractivity contribution in [1.29, 1.82) is 0 Å². The standard InChI is InChI=1S/C19H17ClN2O6/c1-11(18(24)22-14-6-7-15-16(8-14)27-10-26-15)28-17(23)9-21-19(25)12-2-4-13(20)5-3-12/h2-8,11H,9-10H2,1H3,(H,21,25)(H,22,24)/t11-/m1/s1. The first kappa shape index (κ1) is 19.5. The van der Waals surface area contributed by atoms with Crippen LogP contribution < -0.4 is 20.1 Å². The highest BCUT2D eigenvalue weighted by molar-refractivity contribution is 6.30. The molecule has 0 fully saturated rings. The molecule has 1 atom stereocenters. The number of fused-ring (bicyclic) bond motifs is 1. The highest BCUT2D eigenvalue weighted by Gasteiger charge is 2.20. The number of ether oxygens (including phenoxy) is 3. The van der Waals surface area contributed by atoms with E-state index < -0.39 is 23.9 Å². The first-order valence-corrected chi connectivity index (χ1v) is 8.74. The lowest BCUT2D eigenvalue weighted by atomic mass is 10.2. The second-order valence-corrected chi connectivity index (χ2v) is 6.32. The minimum Gasteiger partial charge on any atom is -0.454 e. The van der Waals surface area contributed by atoms with Crippen LogP contribution in [0.15, 0.2) is 42.5 Å². The molecule has 0 saturated carbocycles. The van der Waals surface area contributed by atoms with Crippen molar-refractivity contribution >= 4 is 35.1 Å². The third-order valence-corrected chi connectivity index (χ3v) is 4.07. The van der Waals surface area contributed by atoms with Crippen LogP contribution in [-0.2, 0) is 14.3 Å². The number of anilines is 1. The molecule has 3 rings (SSSR count). The minimum atomic E-state index is -1.05. The summed E-state index contributed by atoms with van der Waals surface area (Å²) in [5.74, 6) is -0.598. The van der Waals surface area contributed by atoms with Crippen LogP contribution in [0, 0.1) is 0 Å². The Labute approximate surface area is 165 Å². The molecule has 0 saturated heterocycles. The fourth-order valence-electron chi connectivity index (χ4n) is 2.37. The number of esters is 1. The van der Waals surface area contributed by atoms with Gasteiger partial charge < -0.3 is 24.8 Å². The minimum absolute atomic E-state index is 0.127. The number of rotatable bonds is 6. The summed E-state index contributed by atoms with van der Waals surface area (Å²) in [5, 5.41) is 5.54. The largest absolute Gasteiger partial charge is 0.454 e. The monoisotopic (exact) mass is 404 g/mol. The van der Waals surface area contributed by atoms with Crippen LogP contribution >= 0.6 is 11.6 Å². The van der Waals surface area contributed by atoms with Gasteiger partial charge in [0.25, 0.3) is 11.8 Å². The number of hydrogen-bond acceptors (Lipinski definition) is 6. The maximum atomic E-state index is 12.2. The van der Waals surface area contributed by atoms with Gasteiger partial charge in [-0.25, -0.2) is 0 Å². The topological polar surface area (TPSA) is 103 Å². The van der Waals surface area contributed by atoms with Gasteiger partial charge in [-0.15, -0.1) is 0 Å². The third-order valence-electron chi connectivity index (χ3n) is 3.82. The summed E-state index contributed by atoms with van der Waals surface area (Å²) in [7, 11) is 0. The van der Waals surface area contributed by atoms with Crippen molar-refractivity contribution < 1.29 is 28.6 Å². The SMILES string of the molecule is C[C@@H](OC(=O)CNC(=O)c1ccc(Cl)cc1)C(=O)Nc1ccc2c(c1)OCO2. The second-order valence-electron chi connectivity index (χ2n) is 5.88. The Hall–Kier alpha value is -3.26. The zero-order valence-corrected chi connectivity index (χ0v) is 15.6. The predicted octanol–water partition coefficient (Wildman–Crippen LogP) is 2.37. The number of hydrogen-bond donors (Lipinski definition) is 2. The van der Waals surface area contributed by atoms with Gasteiger partial charge in [-0.3, -0.25) is 14.4 Å². The third kappa shape index (κ3) is 4.92. The summed E-state index contributed by atoms with van der Waals surface area (Å²) < 4.78 is 15.5. The van der Waals surface area contributed by atoms with E-state index in [0.717, 1.165) is 0 Å². The number of carbonyl (C=O) groups is 3. The molecule has 28 heavy (non-hydrogen) atoms. The van der Waals surface area contributed by atoms with Crippen molar-refractivity contribution in [2.75, 3.05) is 18.7 Å². The molecule has 0 unspecified atom stereocenters. The lowest BCUT2D eigenvalue weighted by Crippen LogP contribution is -2.35. The maximum absolute atomic E-state index is 12.2. The van der Waals surface area contributed by atoms with E-state index >= 15 is 0 Å². The quantitative estimate of drug-likeness (QED) is 0.716. The van der Waals surface area contributed by atoms with Gasteiger partial charge in [0.1, 0.15) is 6.54 Å². The molecular formula is C19H17ClN2O6. The van der Waals surface area contributed by atoms with Gasteiger partial charge in [-0.2, -0.15) is 0 Å². The normalized spacial score (nSPS) is 12.8. The van der Waals surface area contributed by atoms with E-state index in [4.69, 9.17) is 25.8 Å². The number of carbonyl (C=O) groups excluding carboxylic acids is 3. The number of nitrogens with one attached hydrogen (secondary N) is 2. The fourth-order valence-corrected chi connectivity index (χ4v) is 2.49. The van der Waals surface area contributed by atoms with Gasteiger partial charge >= 0.3 is 5.97 Å². The summed E-state index contributed by atoms with van der Waals surface area (Å²) in [6.07, 6.45) is -1.05. The highest BCUT2D eigenvalue weighted by atomic mass is 35.5. The Balaban J connectivity index is 1.46. The highest BCUT2D eigenvalue weighted by Crippen LogP contribution is 2.34. The van der Waals surface area contributed by atoms with Crippen molar-refractivity contribution in [3.8, 4) is 11.5 Å². The molecule has 2 aromatic carbocycles. The molecule has 1 aliphatic rings. The zero-order valence-electron chi connectivity index (χ0n) is 14.9. The molecule has 0 aliphatic carbocycles. The molecular weight excluding hydrogens is 388 g/mol. The zero-order chi connectivity index (χ0) is 20.1. The summed E-state index contributed by atoms with van der Waals surface area (Å²) in [4.78, 5) is 36.0. The van der Waals surface area contributed by atoms with E-state index in [0.29, 0.717) is 27.8 Å². The Bertz CT molecular complexity index is 900. The smallest absolute Gasteiger partial charge is 0.326 e. The first-order chi connectivity index (χ1) is 13.4. The van der Waals surface area contributed by atoms with Crippen molar-refractivity contribution in [1.82, 2.24) is 5.32 Å². The molecule has 0 spiro atoms. The van der Waals surface area contributed by atoms with Crippen LogP contribution in [0.5, 0.6) is 11.5 Å². The molecule has 9 heteroatoms. The Kier molecular flexibility index (Phi) is 6.00. The van der Waals surface area contributed by atoms with Crippen LogP contribution in [0.2, 0.25) is 5.02 Å². The van der Waals surface area contributed by atoms with E-state index in [1.807, 2.05) is 0 Å². The first-order valence-electron chi connectivity index (χ1n) is 8.36. The van der Waals surface area contributed by atoms with Crippen LogP contribution in [-0.4, -0.2) is 37.2 Å². The lowest BCUT2D eigenvalue weighted by molar-refractivity contribution is -0.152.